The van der Waals surface area contributed by atoms with Gasteiger partial charge in [0.25, 0.3) is 0 Å². The van der Waals surface area contributed by atoms with Gasteiger partial charge in [-0.2, -0.15) is 0 Å². The highest BCUT2D eigenvalue weighted by Gasteiger charge is 2.61. The maximum Gasteiger partial charge on any atom is 0.121 e. The van der Waals surface area contributed by atoms with E-state index in [0.717, 1.165) is 17.7 Å². The largest absolute Gasteiger partial charge is 0.496 e. The molecule has 1 unspecified atom stereocenters. The van der Waals surface area contributed by atoms with Crippen molar-refractivity contribution in [1.82, 2.24) is 0 Å². The van der Waals surface area contributed by atoms with Crippen molar-refractivity contribution in [1.29, 1.82) is 0 Å². The number of aliphatic hydroxyl groups is 1. The van der Waals surface area contributed by atoms with Crippen LogP contribution < -0.4 is 4.74 Å². The Morgan fingerprint density at radius 3 is 2.38 bits per heavy atom. The lowest BCUT2D eigenvalue weighted by molar-refractivity contribution is 0.231. The summed E-state index contributed by atoms with van der Waals surface area (Å²) in [5, 5.41) is 9.63. The molecule has 1 aromatic rings. The minimum absolute atomic E-state index is 0.0377. The van der Waals surface area contributed by atoms with Gasteiger partial charge in [-0.3, -0.25) is 0 Å². The van der Waals surface area contributed by atoms with E-state index in [1.165, 1.54) is 5.56 Å². The molecule has 0 spiro atoms. The van der Waals surface area contributed by atoms with E-state index in [2.05, 4.69) is 26.0 Å². The van der Waals surface area contributed by atoms with Gasteiger partial charge in [-0.1, -0.05) is 26.0 Å². The van der Waals surface area contributed by atoms with Crippen LogP contribution in [0.4, 0.5) is 0 Å². The van der Waals surface area contributed by atoms with Crippen molar-refractivity contribution in [2.75, 3.05) is 13.7 Å². The Kier molecular flexibility index (Phi) is 2.50. The summed E-state index contributed by atoms with van der Waals surface area (Å²) in [6, 6.07) is 6.22. The second-order valence-electron chi connectivity index (χ2n) is 5.49. The van der Waals surface area contributed by atoms with Crippen molar-refractivity contribution in [2.24, 2.45) is 5.41 Å². The molecule has 2 heteroatoms. The Balaban J connectivity index is 2.39. The minimum atomic E-state index is -0.0377. The third-order valence-corrected chi connectivity index (χ3v) is 4.13. The van der Waals surface area contributed by atoms with Crippen LogP contribution in [0.15, 0.2) is 18.2 Å². The van der Waals surface area contributed by atoms with Crippen LogP contribution in [-0.2, 0) is 5.41 Å². The van der Waals surface area contributed by atoms with E-state index in [-0.39, 0.29) is 17.4 Å². The summed E-state index contributed by atoms with van der Waals surface area (Å²) < 4.78 is 5.26. The number of benzene rings is 1. The molecule has 0 aromatic heterocycles. The van der Waals surface area contributed by atoms with Gasteiger partial charge in [0.1, 0.15) is 5.75 Å². The number of rotatable bonds is 3. The first-order valence-corrected chi connectivity index (χ1v) is 5.73. The Hall–Kier alpha value is -1.02. The molecule has 1 fully saturated rings. The maximum absolute atomic E-state index is 9.63. The van der Waals surface area contributed by atoms with Crippen molar-refractivity contribution >= 4 is 0 Å². The summed E-state index contributed by atoms with van der Waals surface area (Å²) >= 11 is 0. The van der Waals surface area contributed by atoms with Crippen LogP contribution in [0.3, 0.4) is 0 Å². The molecule has 0 radical (unpaired) electrons. The van der Waals surface area contributed by atoms with Gasteiger partial charge >= 0.3 is 0 Å². The zero-order valence-corrected chi connectivity index (χ0v) is 10.5. The van der Waals surface area contributed by atoms with Gasteiger partial charge in [0.05, 0.1) is 13.7 Å². The Labute approximate surface area is 97.3 Å². The van der Waals surface area contributed by atoms with Crippen LogP contribution in [0.5, 0.6) is 5.75 Å². The van der Waals surface area contributed by atoms with Gasteiger partial charge in [0.2, 0.25) is 0 Å². The van der Waals surface area contributed by atoms with Gasteiger partial charge in [-0.15, -0.1) is 0 Å². The molecule has 1 N–H and O–H groups in total. The molecule has 0 aliphatic heterocycles. The molecule has 2 nitrogen and oxygen atoms in total. The molecule has 1 aromatic carbocycles. The summed E-state index contributed by atoms with van der Waals surface area (Å²) in [6.45, 7) is 6.69. The topological polar surface area (TPSA) is 29.5 Å². The third kappa shape index (κ3) is 1.44. The van der Waals surface area contributed by atoms with E-state index >= 15 is 0 Å². The van der Waals surface area contributed by atoms with Gasteiger partial charge in [0.15, 0.2) is 0 Å². The number of hydrogen-bond acceptors (Lipinski definition) is 2. The number of ether oxygens (including phenoxy) is 1. The standard InChI is InChI=1S/C14H20O2/c1-10-7-11(5-6-12(10)16-4)14(9-15)8-13(14,2)3/h5-7,15H,8-9H2,1-4H3. The zero-order chi connectivity index (χ0) is 12.0. The number of aliphatic hydroxyl groups excluding tert-OH is 1. The van der Waals surface area contributed by atoms with Crippen molar-refractivity contribution < 1.29 is 9.84 Å². The summed E-state index contributed by atoms with van der Waals surface area (Å²) in [5.41, 5.74) is 2.54. The monoisotopic (exact) mass is 220 g/mol. The van der Waals surface area contributed by atoms with E-state index in [1.807, 2.05) is 13.0 Å². The van der Waals surface area contributed by atoms with E-state index in [4.69, 9.17) is 4.74 Å². The second-order valence-corrected chi connectivity index (χ2v) is 5.49. The Bertz CT molecular complexity index is 409. The van der Waals surface area contributed by atoms with Crippen LogP contribution in [-0.4, -0.2) is 18.8 Å². The fourth-order valence-corrected chi connectivity index (χ4v) is 2.74. The molecule has 0 amide bonds. The summed E-state index contributed by atoms with van der Waals surface area (Å²) in [7, 11) is 1.69. The predicted octanol–water partition coefficient (Wildman–Crippen LogP) is 2.66. The second kappa shape index (κ2) is 3.49. The first kappa shape index (κ1) is 11.5. The average Bonchev–Trinajstić information content (AvgIpc) is 2.82. The molecule has 88 valence electrons. The molecular formula is C14H20O2. The maximum atomic E-state index is 9.63. The lowest BCUT2D eigenvalue weighted by Gasteiger charge is -2.19. The van der Waals surface area contributed by atoms with Gasteiger partial charge in [0, 0.05) is 5.41 Å². The van der Waals surface area contributed by atoms with Gasteiger partial charge < -0.3 is 9.84 Å². The average molecular weight is 220 g/mol. The highest BCUT2D eigenvalue weighted by Crippen LogP contribution is 2.64. The normalized spacial score (nSPS) is 26.6. The minimum Gasteiger partial charge on any atom is -0.496 e. The number of aryl methyl sites for hydroxylation is 1. The predicted molar refractivity (Wildman–Crippen MR) is 64.9 cm³/mol. The highest BCUT2D eigenvalue weighted by molar-refractivity contribution is 5.44. The van der Waals surface area contributed by atoms with Crippen LogP contribution in [0.25, 0.3) is 0 Å². The molecule has 0 heterocycles. The van der Waals surface area contributed by atoms with Crippen LogP contribution in [0.2, 0.25) is 0 Å². The van der Waals surface area contributed by atoms with E-state index in [1.54, 1.807) is 7.11 Å². The molecule has 16 heavy (non-hydrogen) atoms. The lowest BCUT2D eigenvalue weighted by atomic mass is 9.88. The van der Waals surface area contributed by atoms with Gasteiger partial charge in [-0.05, 0) is 36.0 Å². The Morgan fingerprint density at radius 1 is 1.38 bits per heavy atom. The quantitative estimate of drug-likeness (QED) is 0.848. The van der Waals surface area contributed by atoms with Crippen LogP contribution >= 0.6 is 0 Å². The molecule has 1 saturated carbocycles. The van der Waals surface area contributed by atoms with Crippen molar-refractivity contribution in [3.05, 3.63) is 29.3 Å². The fourth-order valence-electron chi connectivity index (χ4n) is 2.74. The highest BCUT2D eigenvalue weighted by atomic mass is 16.5. The summed E-state index contributed by atoms with van der Waals surface area (Å²) in [5.74, 6) is 0.912. The third-order valence-electron chi connectivity index (χ3n) is 4.13. The number of hydrogen-bond donors (Lipinski definition) is 1. The van der Waals surface area contributed by atoms with E-state index < -0.39 is 0 Å². The summed E-state index contributed by atoms with van der Waals surface area (Å²) in [4.78, 5) is 0. The molecule has 0 bridgehead atoms. The molecule has 1 aliphatic rings. The molecule has 0 saturated heterocycles. The molecule has 2 rings (SSSR count). The first-order chi connectivity index (χ1) is 7.47. The van der Waals surface area contributed by atoms with Crippen LogP contribution in [0, 0.1) is 12.3 Å². The van der Waals surface area contributed by atoms with E-state index in [0.29, 0.717) is 0 Å². The van der Waals surface area contributed by atoms with Crippen molar-refractivity contribution in [3.63, 3.8) is 0 Å². The SMILES string of the molecule is COc1ccc(C2(CO)CC2(C)C)cc1C. The van der Waals surface area contributed by atoms with Crippen molar-refractivity contribution in [2.45, 2.75) is 32.6 Å². The van der Waals surface area contributed by atoms with Crippen LogP contribution in [0.1, 0.15) is 31.4 Å². The Morgan fingerprint density at radius 2 is 2.00 bits per heavy atom. The molecule has 1 aliphatic carbocycles. The van der Waals surface area contributed by atoms with Crippen molar-refractivity contribution in [3.8, 4) is 5.75 Å². The summed E-state index contributed by atoms with van der Waals surface area (Å²) in [6.07, 6.45) is 1.06. The zero-order valence-electron chi connectivity index (χ0n) is 10.5. The fraction of sp³-hybridized carbons (Fsp3) is 0.571. The first-order valence-electron chi connectivity index (χ1n) is 5.73. The van der Waals surface area contributed by atoms with E-state index in [9.17, 15) is 5.11 Å². The molecule has 1 atom stereocenters. The molecular weight excluding hydrogens is 200 g/mol. The number of methoxy groups -OCH3 is 1. The van der Waals surface area contributed by atoms with Gasteiger partial charge in [-0.25, -0.2) is 0 Å². The lowest BCUT2D eigenvalue weighted by Crippen LogP contribution is -2.19. The smallest absolute Gasteiger partial charge is 0.121 e.